The molecule has 1 heterocycles. The minimum Gasteiger partial charge on any atom is -0.478 e. The number of nitrogens with zero attached hydrogens (tertiary/aromatic N) is 2. The lowest BCUT2D eigenvalue weighted by Crippen LogP contribution is -2.07. The quantitative estimate of drug-likeness (QED) is 0.667. The summed E-state index contributed by atoms with van der Waals surface area (Å²) in [5.74, 6) is -1.37. The fourth-order valence-corrected chi connectivity index (χ4v) is 1.51. The van der Waals surface area contributed by atoms with Crippen LogP contribution in [-0.4, -0.2) is 29.6 Å². The largest absolute Gasteiger partial charge is 0.478 e. The zero-order valence-corrected chi connectivity index (χ0v) is 7.61. The maximum Gasteiger partial charge on any atom is 0.339 e. The fraction of sp³-hybridized carbons (Fsp3) is 0.333. The van der Waals surface area contributed by atoms with Gasteiger partial charge in [-0.15, -0.1) is 0 Å². The van der Waals surface area contributed by atoms with Gasteiger partial charge in [-0.3, -0.25) is 4.68 Å². The second-order valence-corrected chi connectivity index (χ2v) is 3.33. The normalized spacial score (nSPS) is 12.8. The van der Waals surface area contributed by atoms with E-state index in [4.69, 9.17) is 9.66 Å². The van der Waals surface area contributed by atoms with E-state index in [9.17, 15) is 9.00 Å². The average Bonchev–Trinajstić information content (AvgIpc) is 2.32. The summed E-state index contributed by atoms with van der Waals surface area (Å²) in [6, 6.07) is 0. The summed E-state index contributed by atoms with van der Waals surface area (Å²) in [6.07, 6.45) is 1.16. The first-order chi connectivity index (χ1) is 6.02. The Morgan fingerprint density at radius 2 is 2.38 bits per heavy atom. The number of hydrogen-bond donors (Lipinski definition) is 2. The number of aryl methyl sites for hydroxylation is 1. The topological polar surface area (TPSA) is 92.4 Å². The number of aromatic carboxylic acids is 1. The summed E-state index contributed by atoms with van der Waals surface area (Å²) in [5.41, 5.74) is 0.207. The smallest absolute Gasteiger partial charge is 0.339 e. The van der Waals surface area contributed by atoms with Crippen LogP contribution < -0.4 is 0 Å². The van der Waals surface area contributed by atoms with Crippen LogP contribution >= 0.6 is 0 Å². The molecule has 72 valence electrons. The van der Waals surface area contributed by atoms with E-state index in [2.05, 4.69) is 5.10 Å². The molecule has 0 aromatic carbocycles. The van der Waals surface area contributed by atoms with Crippen molar-refractivity contribution < 1.29 is 18.7 Å². The van der Waals surface area contributed by atoms with Crippen LogP contribution in [0.5, 0.6) is 0 Å². The summed E-state index contributed by atoms with van der Waals surface area (Å²) >= 11 is -2.06. The molecule has 0 bridgehead atoms. The number of carbonyl (C=O) groups is 1. The van der Waals surface area contributed by atoms with Crippen LogP contribution in [0.15, 0.2) is 6.20 Å². The van der Waals surface area contributed by atoms with E-state index in [1.807, 2.05) is 0 Å². The van der Waals surface area contributed by atoms with Crippen molar-refractivity contribution in [1.82, 2.24) is 9.78 Å². The molecule has 1 unspecified atom stereocenters. The molecular weight excluding hydrogens is 196 g/mol. The highest BCUT2D eigenvalue weighted by Crippen LogP contribution is 2.09. The first-order valence-corrected chi connectivity index (χ1v) is 4.61. The van der Waals surface area contributed by atoms with E-state index >= 15 is 0 Å². The van der Waals surface area contributed by atoms with E-state index < -0.39 is 17.0 Å². The predicted octanol–water partition coefficient (Wildman–Crippen LogP) is -0.160. The van der Waals surface area contributed by atoms with Gasteiger partial charge in [0.1, 0.15) is 5.56 Å². The molecular formula is C6H8N2O4S. The Hall–Kier alpha value is -1.21. The van der Waals surface area contributed by atoms with Gasteiger partial charge in [0.2, 0.25) is 0 Å². The van der Waals surface area contributed by atoms with Crippen molar-refractivity contribution in [3.63, 3.8) is 0 Å². The van der Waals surface area contributed by atoms with E-state index in [1.54, 1.807) is 0 Å². The summed E-state index contributed by atoms with van der Waals surface area (Å²) < 4.78 is 20.3. The van der Waals surface area contributed by atoms with Gasteiger partial charge in [-0.1, -0.05) is 0 Å². The minimum absolute atomic E-state index is 0.0371. The molecule has 1 rings (SSSR count). The second kappa shape index (κ2) is 3.67. The van der Waals surface area contributed by atoms with Crippen LogP contribution in [0.25, 0.3) is 0 Å². The van der Waals surface area contributed by atoms with Crippen LogP contribution in [-0.2, 0) is 23.9 Å². The summed E-state index contributed by atoms with van der Waals surface area (Å²) in [7, 11) is 1.52. The second-order valence-electron chi connectivity index (χ2n) is 2.40. The average molecular weight is 204 g/mol. The molecule has 0 saturated heterocycles. The van der Waals surface area contributed by atoms with Crippen LogP contribution in [0.3, 0.4) is 0 Å². The maximum atomic E-state index is 10.6. The lowest BCUT2D eigenvalue weighted by atomic mass is 10.3. The number of hydrogen-bond acceptors (Lipinski definition) is 3. The van der Waals surface area contributed by atoms with Gasteiger partial charge < -0.3 is 9.66 Å². The molecule has 13 heavy (non-hydrogen) atoms. The highest BCUT2D eigenvalue weighted by molar-refractivity contribution is 7.78. The van der Waals surface area contributed by atoms with Crippen LogP contribution in [0.2, 0.25) is 0 Å². The summed E-state index contributed by atoms with van der Waals surface area (Å²) in [4.78, 5) is 10.6. The number of rotatable bonds is 3. The molecule has 0 aliphatic rings. The van der Waals surface area contributed by atoms with Gasteiger partial charge in [-0.05, 0) is 0 Å². The van der Waals surface area contributed by atoms with E-state index in [-0.39, 0.29) is 17.0 Å². The van der Waals surface area contributed by atoms with E-state index in [1.165, 1.54) is 11.7 Å². The van der Waals surface area contributed by atoms with Gasteiger partial charge in [0.05, 0.1) is 17.6 Å². The van der Waals surface area contributed by atoms with Gasteiger partial charge in [-0.2, -0.15) is 5.10 Å². The predicted molar refractivity (Wildman–Crippen MR) is 44.6 cm³/mol. The van der Waals surface area contributed by atoms with Crippen LogP contribution in [0.4, 0.5) is 0 Å². The Labute approximate surface area is 76.5 Å². The van der Waals surface area contributed by atoms with Gasteiger partial charge >= 0.3 is 5.97 Å². The Bertz CT molecular complexity index is 360. The Kier molecular flexibility index (Phi) is 2.79. The van der Waals surface area contributed by atoms with Crippen molar-refractivity contribution in [1.29, 1.82) is 0 Å². The zero-order chi connectivity index (χ0) is 10.0. The third-order valence-corrected chi connectivity index (χ3v) is 2.07. The molecule has 1 aromatic rings. The van der Waals surface area contributed by atoms with E-state index in [0.717, 1.165) is 6.20 Å². The van der Waals surface area contributed by atoms with Crippen LogP contribution in [0.1, 0.15) is 16.1 Å². The first-order valence-electron chi connectivity index (χ1n) is 3.34. The van der Waals surface area contributed by atoms with Gasteiger partial charge in [-0.25, -0.2) is 9.00 Å². The van der Waals surface area contributed by atoms with Crippen molar-refractivity contribution >= 4 is 17.0 Å². The molecule has 0 aliphatic carbocycles. The lowest BCUT2D eigenvalue weighted by Gasteiger charge is -1.99. The Balaban J connectivity index is 3.08. The fourth-order valence-electron chi connectivity index (χ4n) is 0.930. The van der Waals surface area contributed by atoms with Crippen molar-refractivity contribution in [3.05, 3.63) is 17.5 Å². The summed E-state index contributed by atoms with van der Waals surface area (Å²) in [5, 5.41) is 12.3. The monoisotopic (exact) mass is 204 g/mol. The standard InChI is InChI=1S/C6H8N2O4S/c1-8-5(3-13(11)12)4(2-7-8)6(9)10/h2H,3H2,1H3,(H,9,10)(H,11,12). The number of carboxylic acid groups (broad SMARTS) is 1. The molecule has 1 aromatic heterocycles. The van der Waals surface area contributed by atoms with Crippen molar-refractivity contribution in [2.24, 2.45) is 7.05 Å². The molecule has 0 fully saturated rings. The third-order valence-electron chi connectivity index (χ3n) is 1.55. The lowest BCUT2D eigenvalue weighted by molar-refractivity contribution is 0.0696. The van der Waals surface area contributed by atoms with Crippen molar-refractivity contribution in [2.45, 2.75) is 5.75 Å². The third kappa shape index (κ3) is 2.13. The van der Waals surface area contributed by atoms with Gasteiger partial charge in [0.15, 0.2) is 11.1 Å². The van der Waals surface area contributed by atoms with E-state index in [0.29, 0.717) is 0 Å². The molecule has 0 saturated carbocycles. The minimum atomic E-state index is -2.06. The Morgan fingerprint density at radius 1 is 1.77 bits per heavy atom. The van der Waals surface area contributed by atoms with Gasteiger partial charge in [0.25, 0.3) is 0 Å². The molecule has 2 N–H and O–H groups in total. The molecule has 7 heteroatoms. The molecule has 0 spiro atoms. The Morgan fingerprint density at radius 3 is 2.85 bits per heavy atom. The highest BCUT2D eigenvalue weighted by atomic mass is 32.2. The summed E-state index contributed by atoms with van der Waals surface area (Å²) in [6.45, 7) is 0. The van der Waals surface area contributed by atoms with Crippen molar-refractivity contribution in [2.75, 3.05) is 0 Å². The number of carboxylic acids is 1. The highest BCUT2D eigenvalue weighted by Gasteiger charge is 2.16. The maximum absolute atomic E-state index is 10.6. The zero-order valence-electron chi connectivity index (χ0n) is 6.80. The molecule has 0 radical (unpaired) electrons. The SMILES string of the molecule is Cn1ncc(C(=O)O)c1CS(=O)O. The molecule has 6 nitrogen and oxygen atoms in total. The molecule has 0 aliphatic heterocycles. The number of aromatic nitrogens is 2. The van der Waals surface area contributed by atoms with Crippen molar-refractivity contribution in [3.8, 4) is 0 Å². The van der Waals surface area contributed by atoms with Crippen LogP contribution in [0, 0.1) is 0 Å². The molecule has 0 amide bonds. The molecule has 1 atom stereocenters. The van der Waals surface area contributed by atoms with Gasteiger partial charge in [0, 0.05) is 7.05 Å². The first kappa shape index (κ1) is 9.87.